The van der Waals surface area contributed by atoms with Crippen LogP contribution in [0.25, 0.3) is 0 Å². The SMILES string of the molecule is CN(CCNS(=O)(=O)c1cccc2c1N(C)NC2)c1cc(C(F)(F)F)ccn1. The largest absolute Gasteiger partial charge is 0.416 e. The summed E-state index contributed by atoms with van der Waals surface area (Å²) in [5.74, 6) is 0.110. The van der Waals surface area contributed by atoms with E-state index in [0.29, 0.717) is 12.2 Å². The van der Waals surface area contributed by atoms with Gasteiger partial charge in [-0.25, -0.2) is 23.5 Å². The maximum atomic E-state index is 12.8. The summed E-state index contributed by atoms with van der Waals surface area (Å²) in [6.45, 7) is 0.702. The molecule has 2 aromatic rings. The molecule has 1 aliphatic heterocycles. The maximum absolute atomic E-state index is 12.8. The molecule has 152 valence electrons. The average molecular weight is 415 g/mol. The van der Waals surface area contributed by atoms with E-state index in [4.69, 9.17) is 0 Å². The number of sulfonamides is 1. The first kappa shape index (κ1) is 20.4. The van der Waals surface area contributed by atoms with Crippen LogP contribution in [0.1, 0.15) is 11.1 Å². The van der Waals surface area contributed by atoms with E-state index in [9.17, 15) is 21.6 Å². The lowest BCUT2D eigenvalue weighted by atomic mass is 10.2. The van der Waals surface area contributed by atoms with Gasteiger partial charge in [0.2, 0.25) is 10.0 Å². The standard InChI is InChI=1S/C17H20F3N5O2S/c1-24(15-10-13(6-7-21-15)17(18,19)20)9-8-23-28(26,27)14-5-3-4-12-11-22-25(2)16(12)14/h3-7,10,22-23H,8-9,11H2,1-2H3. The molecule has 0 unspecified atom stereocenters. The molecule has 11 heteroatoms. The van der Waals surface area contributed by atoms with Crippen molar-refractivity contribution in [2.45, 2.75) is 17.6 Å². The van der Waals surface area contributed by atoms with Crippen LogP contribution in [0, 0.1) is 0 Å². The Morgan fingerprint density at radius 3 is 2.79 bits per heavy atom. The quantitative estimate of drug-likeness (QED) is 0.751. The molecule has 1 aromatic heterocycles. The van der Waals surface area contributed by atoms with Gasteiger partial charge in [0.15, 0.2) is 0 Å². The number of para-hydroxylation sites is 1. The molecule has 0 atom stereocenters. The molecule has 0 aliphatic carbocycles. The molecule has 28 heavy (non-hydrogen) atoms. The number of hydrazine groups is 1. The number of benzene rings is 1. The summed E-state index contributed by atoms with van der Waals surface area (Å²) < 4.78 is 66.3. The summed E-state index contributed by atoms with van der Waals surface area (Å²) in [4.78, 5) is 5.53. The van der Waals surface area contributed by atoms with E-state index in [1.165, 1.54) is 11.0 Å². The summed E-state index contributed by atoms with van der Waals surface area (Å²) >= 11 is 0. The number of pyridine rings is 1. The lowest BCUT2D eigenvalue weighted by Gasteiger charge is -2.20. The van der Waals surface area contributed by atoms with Gasteiger partial charge in [-0.1, -0.05) is 12.1 Å². The molecular weight excluding hydrogens is 395 g/mol. The number of halogens is 3. The minimum atomic E-state index is -4.46. The fourth-order valence-electron chi connectivity index (χ4n) is 2.93. The summed E-state index contributed by atoms with van der Waals surface area (Å²) in [6, 6.07) is 6.85. The molecule has 0 amide bonds. The Labute approximate surface area is 161 Å². The molecule has 2 heterocycles. The van der Waals surface area contributed by atoms with E-state index in [-0.39, 0.29) is 23.8 Å². The van der Waals surface area contributed by atoms with E-state index >= 15 is 0 Å². The van der Waals surface area contributed by atoms with Crippen LogP contribution in [0.5, 0.6) is 0 Å². The molecule has 0 saturated carbocycles. The van der Waals surface area contributed by atoms with Crippen molar-refractivity contribution in [3.05, 3.63) is 47.7 Å². The maximum Gasteiger partial charge on any atom is 0.416 e. The molecule has 2 N–H and O–H groups in total. The van der Waals surface area contributed by atoms with Crippen LogP contribution in [-0.2, 0) is 22.7 Å². The topological polar surface area (TPSA) is 77.6 Å². The van der Waals surface area contributed by atoms with Crippen LogP contribution in [0.3, 0.4) is 0 Å². The molecule has 7 nitrogen and oxygen atoms in total. The molecule has 1 aliphatic rings. The second kappa shape index (κ2) is 7.57. The Morgan fingerprint density at radius 1 is 1.32 bits per heavy atom. The van der Waals surface area contributed by atoms with E-state index < -0.39 is 21.8 Å². The predicted octanol–water partition coefficient (Wildman–Crippen LogP) is 1.97. The van der Waals surface area contributed by atoms with Crippen LogP contribution in [0.2, 0.25) is 0 Å². The minimum Gasteiger partial charge on any atom is -0.358 e. The highest BCUT2D eigenvalue weighted by molar-refractivity contribution is 7.89. The zero-order chi connectivity index (χ0) is 20.5. The lowest BCUT2D eigenvalue weighted by Crippen LogP contribution is -2.34. The van der Waals surface area contributed by atoms with Gasteiger partial charge in [-0.05, 0) is 23.8 Å². The number of anilines is 2. The Bertz CT molecular complexity index is 966. The first-order valence-electron chi connectivity index (χ1n) is 8.43. The molecule has 1 aromatic carbocycles. The summed E-state index contributed by atoms with van der Waals surface area (Å²) in [7, 11) is -0.502. The van der Waals surface area contributed by atoms with Crippen molar-refractivity contribution in [3.8, 4) is 0 Å². The lowest BCUT2D eigenvalue weighted by molar-refractivity contribution is -0.137. The first-order chi connectivity index (χ1) is 13.1. The second-order valence-corrected chi connectivity index (χ2v) is 8.11. The number of likely N-dealkylation sites (N-methyl/N-ethyl adjacent to an activating group) is 1. The Morgan fingerprint density at radius 2 is 2.07 bits per heavy atom. The number of rotatable bonds is 6. The monoisotopic (exact) mass is 415 g/mol. The van der Waals surface area contributed by atoms with Crippen LogP contribution in [0.15, 0.2) is 41.4 Å². The van der Waals surface area contributed by atoms with Gasteiger partial charge in [0, 0.05) is 39.9 Å². The van der Waals surface area contributed by atoms with Crippen molar-refractivity contribution in [3.63, 3.8) is 0 Å². The fraction of sp³-hybridized carbons (Fsp3) is 0.353. The van der Waals surface area contributed by atoms with E-state index in [0.717, 1.165) is 23.9 Å². The highest BCUT2D eigenvalue weighted by atomic mass is 32.2. The van der Waals surface area contributed by atoms with Gasteiger partial charge in [0.1, 0.15) is 10.7 Å². The van der Waals surface area contributed by atoms with Gasteiger partial charge >= 0.3 is 6.18 Å². The van der Waals surface area contributed by atoms with Gasteiger partial charge in [-0.15, -0.1) is 0 Å². The van der Waals surface area contributed by atoms with Gasteiger partial charge in [-0.2, -0.15) is 13.2 Å². The minimum absolute atomic E-state index is 0.0115. The highest BCUT2D eigenvalue weighted by Crippen LogP contribution is 2.32. The number of alkyl halides is 3. The molecule has 0 saturated heterocycles. The number of nitrogens with zero attached hydrogens (tertiary/aromatic N) is 3. The molecule has 0 fully saturated rings. The van der Waals surface area contributed by atoms with Crippen molar-refractivity contribution in [2.24, 2.45) is 0 Å². The van der Waals surface area contributed by atoms with Crippen LogP contribution in [0.4, 0.5) is 24.7 Å². The molecule has 0 radical (unpaired) electrons. The van der Waals surface area contributed by atoms with E-state index in [2.05, 4.69) is 15.1 Å². The number of nitrogens with one attached hydrogen (secondary N) is 2. The van der Waals surface area contributed by atoms with Gasteiger partial charge in [0.25, 0.3) is 0 Å². The van der Waals surface area contributed by atoms with Crippen molar-refractivity contribution in [1.29, 1.82) is 0 Å². The summed E-state index contributed by atoms with van der Waals surface area (Å²) in [6.07, 6.45) is -3.39. The molecule has 0 spiro atoms. The molecule has 0 bridgehead atoms. The second-order valence-electron chi connectivity index (χ2n) is 6.38. The third kappa shape index (κ3) is 4.21. The Balaban J connectivity index is 1.68. The number of fused-ring (bicyclic) bond motifs is 1. The van der Waals surface area contributed by atoms with E-state index in [1.54, 1.807) is 25.2 Å². The summed E-state index contributed by atoms with van der Waals surface area (Å²) in [5.41, 5.74) is 3.70. The normalized spacial score (nSPS) is 14.2. The Hall–Kier alpha value is -2.37. The van der Waals surface area contributed by atoms with Crippen LogP contribution < -0.4 is 20.1 Å². The number of hydrogen-bond acceptors (Lipinski definition) is 6. The van der Waals surface area contributed by atoms with Crippen molar-refractivity contribution in [2.75, 3.05) is 37.1 Å². The van der Waals surface area contributed by atoms with Crippen LogP contribution >= 0.6 is 0 Å². The third-order valence-electron chi connectivity index (χ3n) is 4.42. The predicted molar refractivity (Wildman–Crippen MR) is 99.4 cm³/mol. The summed E-state index contributed by atoms with van der Waals surface area (Å²) in [5, 5.41) is 1.66. The van der Waals surface area contributed by atoms with E-state index in [1.807, 2.05) is 6.07 Å². The van der Waals surface area contributed by atoms with Crippen LogP contribution in [-0.4, -0.2) is 40.6 Å². The highest BCUT2D eigenvalue weighted by Gasteiger charge is 2.31. The number of aromatic nitrogens is 1. The van der Waals surface area contributed by atoms with Gasteiger partial charge in [-0.3, -0.25) is 0 Å². The van der Waals surface area contributed by atoms with Crippen molar-refractivity contribution >= 4 is 21.5 Å². The Kier molecular flexibility index (Phi) is 5.50. The number of hydrogen-bond donors (Lipinski definition) is 2. The average Bonchev–Trinajstić information content (AvgIpc) is 3.02. The zero-order valence-corrected chi connectivity index (χ0v) is 16.1. The first-order valence-corrected chi connectivity index (χ1v) is 9.91. The fourth-order valence-corrected chi connectivity index (χ4v) is 4.23. The van der Waals surface area contributed by atoms with Crippen molar-refractivity contribution < 1.29 is 21.6 Å². The third-order valence-corrected chi connectivity index (χ3v) is 5.91. The zero-order valence-electron chi connectivity index (χ0n) is 15.3. The van der Waals surface area contributed by atoms with Gasteiger partial charge < -0.3 is 9.91 Å². The van der Waals surface area contributed by atoms with Gasteiger partial charge in [0.05, 0.1) is 11.3 Å². The smallest absolute Gasteiger partial charge is 0.358 e. The molecular formula is C17H20F3N5O2S. The molecule has 3 rings (SSSR count). The van der Waals surface area contributed by atoms with Crippen molar-refractivity contribution in [1.82, 2.24) is 15.1 Å².